The number of nitrogens with one attached hydrogen (secondary N) is 1. The molecule has 2 amide bonds. The lowest BCUT2D eigenvalue weighted by atomic mass is 9.88. The minimum Gasteiger partial charge on any atom is -0.481 e. The first-order valence-electron chi connectivity index (χ1n) is 12.1. The number of hydrogen-bond acceptors (Lipinski definition) is 5. The number of nitrogens with zero attached hydrogens (tertiary/aromatic N) is 1. The van der Waals surface area contributed by atoms with Gasteiger partial charge in [-0.2, -0.15) is 0 Å². The topological polar surface area (TPSA) is 105 Å². The molecule has 184 valence electrons. The number of amides is 2. The summed E-state index contributed by atoms with van der Waals surface area (Å²) in [7, 11) is 0. The summed E-state index contributed by atoms with van der Waals surface area (Å²) >= 11 is 0. The fourth-order valence-corrected chi connectivity index (χ4v) is 5.71. The molecule has 5 rings (SSSR count). The molecule has 8 heteroatoms. The van der Waals surface area contributed by atoms with Gasteiger partial charge in [0, 0.05) is 32.0 Å². The number of carboxylic acids is 1. The van der Waals surface area contributed by atoms with E-state index in [0.717, 1.165) is 22.3 Å². The predicted octanol–water partition coefficient (Wildman–Crippen LogP) is 3.25. The van der Waals surface area contributed by atoms with E-state index >= 15 is 0 Å². The molecular formula is C27H30N2O6. The summed E-state index contributed by atoms with van der Waals surface area (Å²) in [5.74, 6) is -1.85. The maximum absolute atomic E-state index is 13.5. The van der Waals surface area contributed by atoms with Crippen LogP contribution in [0.3, 0.4) is 0 Å². The summed E-state index contributed by atoms with van der Waals surface area (Å²) in [5.41, 5.74) is 3.25. The van der Waals surface area contributed by atoms with E-state index in [1.54, 1.807) is 4.90 Å². The van der Waals surface area contributed by atoms with Crippen LogP contribution in [0.2, 0.25) is 0 Å². The molecule has 2 saturated heterocycles. The number of rotatable bonds is 5. The Hall–Kier alpha value is -3.39. The summed E-state index contributed by atoms with van der Waals surface area (Å²) in [6, 6.07) is 16.2. The SMILES string of the molecule is CC1CC(C(=O)O)CN(C(=O)C2(NC(=O)OCC3c4ccccc4-c4ccccc43)CCOC2)C1. The first-order valence-corrected chi connectivity index (χ1v) is 12.1. The molecule has 0 aromatic heterocycles. The van der Waals surface area contributed by atoms with Gasteiger partial charge in [-0.1, -0.05) is 55.5 Å². The average molecular weight is 479 g/mol. The number of piperidine rings is 1. The molecule has 0 radical (unpaired) electrons. The fourth-order valence-electron chi connectivity index (χ4n) is 5.71. The summed E-state index contributed by atoms with van der Waals surface area (Å²) in [6.07, 6.45) is 0.173. The van der Waals surface area contributed by atoms with Crippen LogP contribution in [-0.4, -0.2) is 66.4 Å². The highest BCUT2D eigenvalue weighted by Gasteiger charge is 2.48. The molecule has 1 aliphatic carbocycles. The monoisotopic (exact) mass is 478 g/mol. The van der Waals surface area contributed by atoms with Gasteiger partial charge in [-0.15, -0.1) is 0 Å². The van der Waals surface area contributed by atoms with Gasteiger partial charge in [-0.05, 0) is 34.6 Å². The van der Waals surface area contributed by atoms with E-state index < -0.39 is 23.5 Å². The Morgan fingerprint density at radius 2 is 1.74 bits per heavy atom. The number of likely N-dealkylation sites (tertiary alicyclic amines) is 1. The highest BCUT2D eigenvalue weighted by atomic mass is 16.6. The number of alkyl carbamates (subject to hydrolysis) is 1. The zero-order valence-corrected chi connectivity index (χ0v) is 19.7. The van der Waals surface area contributed by atoms with E-state index in [1.165, 1.54) is 0 Å². The van der Waals surface area contributed by atoms with E-state index in [9.17, 15) is 19.5 Å². The molecule has 2 N–H and O–H groups in total. The van der Waals surface area contributed by atoms with Gasteiger partial charge in [0.1, 0.15) is 12.1 Å². The number of ether oxygens (including phenoxy) is 2. The Morgan fingerprint density at radius 1 is 1.09 bits per heavy atom. The molecule has 3 aliphatic rings. The Balaban J connectivity index is 1.29. The lowest BCUT2D eigenvalue weighted by Gasteiger charge is -2.39. The van der Waals surface area contributed by atoms with Crippen molar-refractivity contribution in [3.63, 3.8) is 0 Å². The van der Waals surface area contributed by atoms with E-state index in [0.29, 0.717) is 26.0 Å². The Bertz CT molecular complexity index is 1100. The van der Waals surface area contributed by atoms with Crippen LogP contribution in [-0.2, 0) is 19.1 Å². The first kappa shape index (κ1) is 23.4. The Morgan fingerprint density at radius 3 is 2.34 bits per heavy atom. The van der Waals surface area contributed by atoms with Crippen LogP contribution < -0.4 is 5.32 Å². The van der Waals surface area contributed by atoms with E-state index in [1.807, 2.05) is 43.3 Å². The molecule has 2 fully saturated rings. The molecule has 35 heavy (non-hydrogen) atoms. The number of aliphatic carboxylic acids is 1. The van der Waals surface area contributed by atoms with Gasteiger partial charge < -0.3 is 24.8 Å². The van der Waals surface area contributed by atoms with Gasteiger partial charge in [0.25, 0.3) is 5.91 Å². The lowest BCUT2D eigenvalue weighted by molar-refractivity contribution is -0.149. The number of benzene rings is 2. The lowest BCUT2D eigenvalue weighted by Crippen LogP contribution is -2.62. The number of carbonyl (C=O) groups is 3. The Kier molecular flexibility index (Phi) is 6.23. The molecular weight excluding hydrogens is 448 g/mol. The largest absolute Gasteiger partial charge is 0.481 e. The summed E-state index contributed by atoms with van der Waals surface area (Å²) < 4.78 is 11.2. The van der Waals surface area contributed by atoms with Crippen molar-refractivity contribution in [2.75, 3.05) is 32.9 Å². The normalized spacial score (nSPS) is 25.6. The molecule has 0 bridgehead atoms. The molecule has 0 spiro atoms. The summed E-state index contributed by atoms with van der Waals surface area (Å²) in [5, 5.41) is 12.3. The van der Waals surface area contributed by atoms with Crippen LogP contribution in [0.5, 0.6) is 0 Å². The number of carboxylic acid groups (broad SMARTS) is 1. The minimum atomic E-state index is -1.25. The van der Waals surface area contributed by atoms with Crippen molar-refractivity contribution in [2.24, 2.45) is 11.8 Å². The van der Waals surface area contributed by atoms with Gasteiger partial charge in [0.2, 0.25) is 0 Å². The highest BCUT2D eigenvalue weighted by Crippen LogP contribution is 2.44. The van der Waals surface area contributed by atoms with Crippen molar-refractivity contribution in [3.8, 4) is 11.1 Å². The van der Waals surface area contributed by atoms with Gasteiger partial charge >= 0.3 is 12.1 Å². The molecule has 0 saturated carbocycles. The minimum absolute atomic E-state index is 0.0403. The predicted molar refractivity (Wildman–Crippen MR) is 128 cm³/mol. The average Bonchev–Trinajstić information content (AvgIpc) is 3.45. The third kappa shape index (κ3) is 4.38. The third-order valence-corrected chi connectivity index (χ3v) is 7.41. The van der Waals surface area contributed by atoms with Gasteiger partial charge in [0.05, 0.1) is 12.5 Å². The van der Waals surface area contributed by atoms with E-state index in [-0.39, 0.29) is 37.5 Å². The molecule has 2 heterocycles. The quantitative estimate of drug-likeness (QED) is 0.684. The first-order chi connectivity index (χ1) is 16.9. The number of fused-ring (bicyclic) bond motifs is 3. The zero-order valence-electron chi connectivity index (χ0n) is 19.7. The van der Waals surface area contributed by atoms with Gasteiger partial charge in [-0.25, -0.2) is 4.79 Å². The summed E-state index contributed by atoms with van der Waals surface area (Å²) in [6.45, 7) is 3.04. The number of carbonyl (C=O) groups excluding carboxylic acids is 2. The van der Waals surface area contributed by atoms with Gasteiger partial charge in [0.15, 0.2) is 0 Å². The Labute approximate surface area is 204 Å². The van der Waals surface area contributed by atoms with Crippen molar-refractivity contribution >= 4 is 18.0 Å². The number of hydrogen-bond donors (Lipinski definition) is 2. The van der Waals surface area contributed by atoms with Crippen LogP contribution in [0.4, 0.5) is 4.79 Å². The second-order valence-electron chi connectivity index (χ2n) is 9.92. The van der Waals surface area contributed by atoms with Crippen molar-refractivity contribution in [1.82, 2.24) is 10.2 Å². The van der Waals surface area contributed by atoms with Gasteiger partial charge in [-0.3, -0.25) is 9.59 Å². The van der Waals surface area contributed by atoms with E-state index in [2.05, 4.69) is 17.4 Å². The second-order valence-corrected chi connectivity index (χ2v) is 9.92. The molecule has 2 aliphatic heterocycles. The molecule has 2 aromatic rings. The fraction of sp³-hybridized carbons (Fsp3) is 0.444. The second kappa shape index (κ2) is 9.34. The van der Waals surface area contributed by atoms with Crippen LogP contribution in [0.1, 0.15) is 36.8 Å². The molecule has 3 unspecified atom stereocenters. The smallest absolute Gasteiger partial charge is 0.408 e. The van der Waals surface area contributed by atoms with Crippen molar-refractivity contribution in [1.29, 1.82) is 0 Å². The van der Waals surface area contributed by atoms with Crippen LogP contribution in [0.25, 0.3) is 11.1 Å². The van der Waals surface area contributed by atoms with Crippen molar-refractivity contribution in [3.05, 3.63) is 59.7 Å². The van der Waals surface area contributed by atoms with E-state index in [4.69, 9.17) is 9.47 Å². The molecule has 2 aromatic carbocycles. The van der Waals surface area contributed by atoms with Crippen molar-refractivity contribution < 1.29 is 29.0 Å². The van der Waals surface area contributed by atoms with Crippen LogP contribution in [0, 0.1) is 11.8 Å². The molecule has 8 nitrogen and oxygen atoms in total. The highest BCUT2D eigenvalue weighted by molar-refractivity contribution is 5.91. The van der Waals surface area contributed by atoms with Crippen LogP contribution >= 0.6 is 0 Å². The third-order valence-electron chi connectivity index (χ3n) is 7.41. The summed E-state index contributed by atoms with van der Waals surface area (Å²) in [4.78, 5) is 39.6. The van der Waals surface area contributed by atoms with Crippen LogP contribution in [0.15, 0.2) is 48.5 Å². The zero-order chi connectivity index (χ0) is 24.6. The maximum Gasteiger partial charge on any atom is 0.408 e. The molecule has 3 atom stereocenters. The maximum atomic E-state index is 13.5. The standard InChI is InChI=1S/C27H30N2O6/c1-17-12-18(24(30)31)14-29(13-17)25(32)27(10-11-34-16-27)28-26(33)35-15-23-21-8-4-2-6-19(21)20-7-3-5-9-22(20)23/h2-9,17-18,23H,10-16H2,1H3,(H,28,33)(H,30,31). The van der Waals surface area contributed by atoms with Crippen molar-refractivity contribution in [2.45, 2.75) is 31.2 Å².